The summed E-state index contributed by atoms with van der Waals surface area (Å²) in [6.45, 7) is 0. The number of carboxylic acids is 1. The normalized spacial score (nSPS) is 15.6. The van der Waals surface area contributed by atoms with Crippen molar-refractivity contribution >= 4 is 17.6 Å². The summed E-state index contributed by atoms with van der Waals surface area (Å²) in [7, 11) is 0. The molecule has 5 nitrogen and oxygen atoms in total. The molecule has 0 aliphatic heterocycles. The van der Waals surface area contributed by atoms with Gasteiger partial charge in [-0.2, -0.15) is 0 Å². The van der Waals surface area contributed by atoms with Crippen molar-refractivity contribution in [3.05, 3.63) is 24.0 Å². The first kappa shape index (κ1) is 12.5. The van der Waals surface area contributed by atoms with Crippen LogP contribution in [0.15, 0.2) is 18.3 Å². The first-order valence-electron chi connectivity index (χ1n) is 6.13. The number of aromatic nitrogens is 1. The summed E-state index contributed by atoms with van der Waals surface area (Å²) < 4.78 is 0. The monoisotopic (exact) mass is 248 g/mol. The van der Waals surface area contributed by atoms with Crippen molar-refractivity contribution in [2.24, 2.45) is 5.92 Å². The SMILES string of the molecule is O=C(O)Cc1ccc(NC(=O)C2CCCC2)cn1. The highest BCUT2D eigenvalue weighted by Gasteiger charge is 2.22. The Morgan fingerprint density at radius 1 is 1.33 bits per heavy atom. The molecule has 0 atom stereocenters. The van der Waals surface area contributed by atoms with E-state index in [1.807, 2.05) is 0 Å². The Morgan fingerprint density at radius 3 is 2.61 bits per heavy atom. The number of amides is 1. The van der Waals surface area contributed by atoms with E-state index in [9.17, 15) is 9.59 Å². The molecule has 96 valence electrons. The van der Waals surface area contributed by atoms with Gasteiger partial charge in [0.05, 0.1) is 24.0 Å². The third-order valence-electron chi connectivity index (χ3n) is 3.15. The summed E-state index contributed by atoms with van der Waals surface area (Å²) in [5.41, 5.74) is 1.11. The Bertz CT molecular complexity index is 436. The van der Waals surface area contributed by atoms with Gasteiger partial charge in [-0.3, -0.25) is 14.6 Å². The number of carbonyl (C=O) groups is 2. The van der Waals surface area contributed by atoms with Crippen molar-refractivity contribution in [2.45, 2.75) is 32.1 Å². The van der Waals surface area contributed by atoms with Crippen LogP contribution in [0, 0.1) is 5.92 Å². The summed E-state index contributed by atoms with van der Waals surface area (Å²) in [5, 5.41) is 11.4. The van der Waals surface area contributed by atoms with Gasteiger partial charge in [0, 0.05) is 5.92 Å². The van der Waals surface area contributed by atoms with E-state index in [0.29, 0.717) is 11.4 Å². The number of pyridine rings is 1. The average Bonchev–Trinajstić information content (AvgIpc) is 2.84. The second-order valence-corrected chi connectivity index (χ2v) is 4.58. The van der Waals surface area contributed by atoms with E-state index >= 15 is 0 Å². The number of hydrogen-bond acceptors (Lipinski definition) is 3. The van der Waals surface area contributed by atoms with Gasteiger partial charge in [-0.15, -0.1) is 0 Å². The van der Waals surface area contributed by atoms with Crippen molar-refractivity contribution in [3.8, 4) is 0 Å². The zero-order chi connectivity index (χ0) is 13.0. The van der Waals surface area contributed by atoms with Crippen LogP contribution in [-0.2, 0) is 16.0 Å². The van der Waals surface area contributed by atoms with Crippen LogP contribution in [0.4, 0.5) is 5.69 Å². The van der Waals surface area contributed by atoms with Crippen molar-refractivity contribution in [1.29, 1.82) is 0 Å². The predicted molar refractivity (Wildman–Crippen MR) is 66.2 cm³/mol. The van der Waals surface area contributed by atoms with E-state index in [2.05, 4.69) is 10.3 Å². The van der Waals surface area contributed by atoms with Gasteiger partial charge < -0.3 is 10.4 Å². The zero-order valence-corrected chi connectivity index (χ0v) is 10.1. The Morgan fingerprint density at radius 2 is 2.06 bits per heavy atom. The zero-order valence-electron chi connectivity index (χ0n) is 10.1. The molecule has 1 aromatic heterocycles. The Balaban J connectivity index is 1.93. The van der Waals surface area contributed by atoms with E-state index in [0.717, 1.165) is 25.7 Å². The van der Waals surface area contributed by atoms with Gasteiger partial charge in [0.15, 0.2) is 0 Å². The predicted octanol–water partition coefficient (Wildman–Crippen LogP) is 1.84. The van der Waals surface area contributed by atoms with Crippen molar-refractivity contribution in [3.63, 3.8) is 0 Å². The molecule has 1 aliphatic rings. The van der Waals surface area contributed by atoms with Crippen LogP contribution in [0.2, 0.25) is 0 Å². The minimum Gasteiger partial charge on any atom is -0.481 e. The molecule has 0 spiro atoms. The average molecular weight is 248 g/mol. The number of aliphatic carboxylic acids is 1. The summed E-state index contributed by atoms with van der Waals surface area (Å²) in [6, 6.07) is 3.32. The minimum absolute atomic E-state index is 0.0419. The lowest BCUT2D eigenvalue weighted by molar-refractivity contribution is -0.136. The fourth-order valence-electron chi connectivity index (χ4n) is 2.19. The summed E-state index contributed by atoms with van der Waals surface area (Å²) in [5.74, 6) is -0.755. The quantitative estimate of drug-likeness (QED) is 0.852. The Labute approximate surface area is 105 Å². The van der Waals surface area contributed by atoms with Crippen molar-refractivity contribution < 1.29 is 14.7 Å². The molecule has 0 unspecified atom stereocenters. The summed E-state index contributed by atoms with van der Waals surface area (Å²) in [6.07, 6.45) is 5.55. The van der Waals surface area contributed by atoms with Gasteiger partial charge in [-0.05, 0) is 25.0 Å². The highest BCUT2D eigenvalue weighted by Crippen LogP contribution is 2.25. The third-order valence-corrected chi connectivity index (χ3v) is 3.15. The van der Waals surface area contributed by atoms with E-state index in [1.165, 1.54) is 6.20 Å². The molecule has 1 saturated carbocycles. The van der Waals surface area contributed by atoms with Crippen molar-refractivity contribution in [1.82, 2.24) is 4.98 Å². The maximum absolute atomic E-state index is 11.8. The molecular formula is C13H16N2O3. The van der Waals surface area contributed by atoms with E-state index in [1.54, 1.807) is 12.1 Å². The molecule has 0 aromatic carbocycles. The molecule has 0 bridgehead atoms. The van der Waals surface area contributed by atoms with Crippen molar-refractivity contribution in [2.75, 3.05) is 5.32 Å². The van der Waals surface area contributed by atoms with Gasteiger partial charge in [0.2, 0.25) is 5.91 Å². The maximum atomic E-state index is 11.8. The number of carbonyl (C=O) groups excluding carboxylic acids is 1. The fourth-order valence-corrected chi connectivity index (χ4v) is 2.19. The second kappa shape index (κ2) is 5.62. The van der Waals surface area contributed by atoms with Crippen LogP contribution in [0.5, 0.6) is 0 Å². The topological polar surface area (TPSA) is 79.3 Å². The molecule has 0 saturated heterocycles. The van der Waals surface area contributed by atoms with Gasteiger partial charge in [0.1, 0.15) is 0 Å². The van der Waals surface area contributed by atoms with Crippen LogP contribution in [0.25, 0.3) is 0 Å². The Hall–Kier alpha value is -1.91. The molecule has 1 fully saturated rings. The molecular weight excluding hydrogens is 232 g/mol. The molecule has 0 radical (unpaired) electrons. The Kier molecular flexibility index (Phi) is 3.92. The molecule has 18 heavy (non-hydrogen) atoms. The molecule has 1 heterocycles. The molecule has 1 amide bonds. The highest BCUT2D eigenvalue weighted by molar-refractivity contribution is 5.92. The third kappa shape index (κ3) is 3.29. The first-order valence-corrected chi connectivity index (χ1v) is 6.13. The molecule has 2 N–H and O–H groups in total. The van der Waals surface area contributed by atoms with Crippen LogP contribution in [0.3, 0.4) is 0 Å². The fraction of sp³-hybridized carbons (Fsp3) is 0.462. The summed E-state index contributed by atoms with van der Waals surface area (Å²) in [4.78, 5) is 26.3. The van der Waals surface area contributed by atoms with Gasteiger partial charge >= 0.3 is 5.97 Å². The van der Waals surface area contributed by atoms with E-state index in [4.69, 9.17) is 5.11 Å². The van der Waals surface area contributed by atoms with E-state index < -0.39 is 5.97 Å². The summed E-state index contributed by atoms with van der Waals surface area (Å²) >= 11 is 0. The first-order chi connectivity index (χ1) is 8.65. The molecule has 1 aliphatic carbocycles. The molecule has 5 heteroatoms. The lowest BCUT2D eigenvalue weighted by Gasteiger charge is -2.10. The van der Waals surface area contributed by atoms with Crippen LogP contribution < -0.4 is 5.32 Å². The number of anilines is 1. The van der Waals surface area contributed by atoms with Crippen LogP contribution in [0.1, 0.15) is 31.4 Å². The standard InChI is InChI=1S/C13H16N2O3/c16-12(17)7-10-5-6-11(8-14-10)15-13(18)9-3-1-2-4-9/h5-6,8-9H,1-4,7H2,(H,15,18)(H,16,17). The van der Waals surface area contributed by atoms with Gasteiger partial charge in [-0.25, -0.2) is 0 Å². The molecule has 1 aromatic rings. The van der Waals surface area contributed by atoms with Crippen LogP contribution in [-0.4, -0.2) is 22.0 Å². The van der Waals surface area contributed by atoms with Crippen LogP contribution >= 0.6 is 0 Å². The lowest BCUT2D eigenvalue weighted by Crippen LogP contribution is -2.20. The minimum atomic E-state index is -0.912. The largest absolute Gasteiger partial charge is 0.481 e. The lowest BCUT2D eigenvalue weighted by atomic mass is 10.1. The van der Waals surface area contributed by atoms with E-state index in [-0.39, 0.29) is 18.2 Å². The highest BCUT2D eigenvalue weighted by atomic mass is 16.4. The maximum Gasteiger partial charge on any atom is 0.309 e. The smallest absolute Gasteiger partial charge is 0.309 e. The second-order valence-electron chi connectivity index (χ2n) is 4.58. The number of nitrogens with one attached hydrogen (secondary N) is 1. The number of nitrogens with zero attached hydrogens (tertiary/aromatic N) is 1. The number of hydrogen-bond donors (Lipinski definition) is 2. The number of carboxylic acid groups (broad SMARTS) is 1. The number of rotatable bonds is 4. The van der Waals surface area contributed by atoms with Gasteiger partial charge in [0.25, 0.3) is 0 Å². The van der Waals surface area contributed by atoms with Gasteiger partial charge in [-0.1, -0.05) is 12.8 Å². The molecule has 2 rings (SSSR count).